The van der Waals surface area contributed by atoms with Crippen LogP contribution in [0.1, 0.15) is 30.5 Å². The lowest BCUT2D eigenvalue weighted by atomic mass is 10.1. The first-order valence-electron chi connectivity index (χ1n) is 10.4. The summed E-state index contributed by atoms with van der Waals surface area (Å²) in [5.74, 6) is 0.529. The highest BCUT2D eigenvalue weighted by Gasteiger charge is 2.13. The summed E-state index contributed by atoms with van der Waals surface area (Å²) in [5, 5.41) is 6.23. The predicted molar refractivity (Wildman–Crippen MR) is 125 cm³/mol. The number of benzene rings is 2. The number of hydrogen-bond donors (Lipinski definition) is 2. The van der Waals surface area contributed by atoms with Crippen molar-refractivity contribution in [2.45, 2.75) is 38.8 Å². The number of aliphatic imine (C=N–C) groups is 1. The maximum Gasteiger partial charge on any atom is 0.242 e. The van der Waals surface area contributed by atoms with Crippen LogP contribution in [-0.2, 0) is 27.7 Å². The molecule has 2 aromatic carbocycles. The standard InChI is InChI=1S/C23H32N4O3S/c1-5-24-23(25-15-20-12-13-21(18(3)14-20)31(4,29)30)26-16-22(28)27(6-2)17-19-10-8-7-9-11-19/h7-14H,5-6,15-17H2,1-4H3,(H2,24,25,26). The lowest BCUT2D eigenvalue weighted by Gasteiger charge is -2.22. The summed E-state index contributed by atoms with van der Waals surface area (Å²) in [6.07, 6.45) is 1.20. The number of amides is 1. The number of hydrogen-bond acceptors (Lipinski definition) is 4. The molecule has 168 valence electrons. The quantitative estimate of drug-likeness (QED) is 0.458. The van der Waals surface area contributed by atoms with Gasteiger partial charge in [0.25, 0.3) is 0 Å². The molecule has 0 aromatic heterocycles. The molecule has 0 fully saturated rings. The average molecular weight is 445 g/mol. The molecule has 0 aliphatic carbocycles. The normalized spacial score (nSPS) is 11.8. The smallest absolute Gasteiger partial charge is 0.242 e. The summed E-state index contributed by atoms with van der Waals surface area (Å²) in [6.45, 7) is 8.05. The summed E-state index contributed by atoms with van der Waals surface area (Å²) in [5.41, 5.74) is 2.68. The van der Waals surface area contributed by atoms with Crippen LogP contribution < -0.4 is 10.6 Å². The minimum Gasteiger partial charge on any atom is -0.357 e. The zero-order valence-corrected chi connectivity index (χ0v) is 19.5. The van der Waals surface area contributed by atoms with Crippen LogP contribution in [0.4, 0.5) is 0 Å². The largest absolute Gasteiger partial charge is 0.357 e. The van der Waals surface area contributed by atoms with Gasteiger partial charge < -0.3 is 15.5 Å². The Morgan fingerprint density at radius 1 is 1.03 bits per heavy atom. The minimum absolute atomic E-state index is 0.00898. The lowest BCUT2D eigenvalue weighted by Crippen LogP contribution is -2.44. The monoisotopic (exact) mass is 444 g/mol. The van der Waals surface area contributed by atoms with E-state index in [-0.39, 0.29) is 12.5 Å². The van der Waals surface area contributed by atoms with Crippen LogP contribution >= 0.6 is 0 Å². The Bertz CT molecular complexity index is 1000. The molecule has 31 heavy (non-hydrogen) atoms. The van der Waals surface area contributed by atoms with Crippen LogP contribution in [-0.4, -0.2) is 51.1 Å². The lowest BCUT2D eigenvalue weighted by molar-refractivity contribution is -0.130. The zero-order valence-electron chi connectivity index (χ0n) is 18.7. The topological polar surface area (TPSA) is 90.9 Å². The molecular formula is C23H32N4O3S. The summed E-state index contributed by atoms with van der Waals surface area (Å²) >= 11 is 0. The Morgan fingerprint density at radius 2 is 1.74 bits per heavy atom. The average Bonchev–Trinajstić information content (AvgIpc) is 2.73. The maximum absolute atomic E-state index is 12.7. The number of carbonyl (C=O) groups is 1. The van der Waals surface area contributed by atoms with Crippen molar-refractivity contribution < 1.29 is 13.2 Å². The van der Waals surface area contributed by atoms with Gasteiger partial charge in [-0.3, -0.25) is 4.79 Å². The predicted octanol–water partition coefficient (Wildman–Crippen LogP) is 2.50. The number of nitrogens with one attached hydrogen (secondary N) is 2. The van der Waals surface area contributed by atoms with Crippen molar-refractivity contribution in [1.29, 1.82) is 0 Å². The molecule has 0 bridgehead atoms. The van der Waals surface area contributed by atoms with Crippen LogP contribution in [0.2, 0.25) is 0 Å². The van der Waals surface area contributed by atoms with Gasteiger partial charge >= 0.3 is 0 Å². The van der Waals surface area contributed by atoms with Crippen LogP contribution in [0, 0.1) is 6.92 Å². The van der Waals surface area contributed by atoms with E-state index in [0.717, 1.165) is 11.1 Å². The Morgan fingerprint density at radius 3 is 2.32 bits per heavy atom. The molecule has 0 aliphatic rings. The Hall–Kier alpha value is -2.87. The fourth-order valence-corrected chi connectivity index (χ4v) is 4.15. The molecule has 0 saturated heterocycles. The second-order valence-corrected chi connectivity index (χ2v) is 9.30. The van der Waals surface area contributed by atoms with Crippen molar-refractivity contribution in [3.05, 3.63) is 65.2 Å². The fourth-order valence-electron chi connectivity index (χ4n) is 3.19. The van der Waals surface area contributed by atoms with E-state index in [1.807, 2.05) is 50.2 Å². The van der Waals surface area contributed by atoms with E-state index in [9.17, 15) is 13.2 Å². The van der Waals surface area contributed by atoms with E-state index < -0.39 is 9.84 Å². The molecular weight excluding hydrogens is 412 g/mol. The Kier molecular flexibility index (Phi) is 9.05. The van der Waals surface area contributed by atoms with Crippen molar-refractivity contribution in [1.82, 2.24) is 15.5 Å². The summed E-state index contributed by atoms with van der Waals surface area (Å²) < 4.78 is 23.6. The first-order chi connectivity index (χ1) is 14.7. The van der Waals surface area contributed by atoms with Gasteiger partial charge in [-0.05, 0) is 43.5 Å². The molecule has 8 heteroatoms. The Labute approximate surface area is 185 Å². The van der Waals surface area contributed by atoms with E-state index in [1.54, 1.807) is 24.0 Å². The van der Waals surface area contributed by atoms with Gasteiger partial charge in [0, 0.05) is 25.9 Å². The molecule has 0 heterocycles. The molecule has 0 aliphatic heterocycles. The van der Waals surface area contributed by atoms with Gasteiger partial charge in [0.05, 0.1) is 18.0 Å². The Balaban J connectivity index is 2.00. The maximum atomic E-state index is 12.7. The second kappa shape index (κ2) is 11.5. The third-order valence-electron chi connectivity index (χ3n) is 4.76. The number of rotatable bonds is 9. The molecule has 0 saturated carbocycles. The van der Waals surface area contributed by atoms with Gasteiger partial charge in [-0.2, -0.15) is 0 Å². The van der Waals surface area contributed by atoms with E-state index in [2.05, 4.69) is 15.6 Å². The van der Waals surface area contributed by atoms with Crippen LogP contribution in [0.3, 0.4) is 0 Å². The van der Waals surface area contributed by atoms with Gasteiger partial charge in [-0.25, -0.2) is 13.4 Å². The number of carbonyl (C=O) groups excluding carboxylic acids is 1. The highest BCUT2D eigenvalue weighted by molar-refractivity contribution is 7.90. The van der Waals surface area contributed by atoms with Crippen LogP contribution in [0.25, 0.3) is 0 Å². The molecule has 0 spiro atoms. The second-order valence-electron chi connectivity index (χ2n) is 7.31. The van der Waals surface area contributed by atoms with Crippen LogP contribution in [0.15, 0.2) is 58.4 Å². The highest BCUT2D eigenvalue weighted by atomic mass is 32.2. The molecule has 2 rings (SSSR count). The molecule has 1 amide bonds. The summed E-state index contributed by atoms with van der Waals surface area (Å²) in [4.78, 5) is 19.3. The number of likely N-dealkylation sites (N-methyl/N-ethyl adjacent to an activating group) is 1. The SMILES string of the molecule is CCNC(=NCc1ccc(S(C)(=O)=O)c(C)c1)NCC(=O)N(CC)Cc1ccccc1. The third-order valence-corrected chi connectivity index (χ3v) is 6.02. The van der Waals surface area contributed by atoms with Crippen molar-refractivity contribution >= 4 is 21.7 Å². The van der Waals surface area contributed by atoms with Crippen molar-refractivity contribution in [2.24, 2.45) is 4.99 Å². The van der Waals surface area contributed by atoms with Gasteiger partial charge in [0.15, 0.2) is 15.8 Å². The van der Waals surface area contributed by atoms with E-state index >= 15 is 0 Å². The number of nitrogens with zero attached hydrogens (tertiary/aromatic N) is 2. The molecule has 2 aromatic rings. The number of sulfone groups is 1. The van der Waals surface area contributed by atoms with Gasteiger partial charge in [0.1, 0.15) is 0 Å². The van der Waals surface area contributed by atoms with Gasteiger partial charge in [-0.1, -0.05) is 42.5 Å². The molecule has 2 N–H and O–H groups in total. The fraction of sp³-hybridized carbons (Fsp3) is 0.391. The molecule has 0 atom stereocenters. The first-order valence-corrected chi connectivity index (χ1v) is 12.3. The van der Waals surface area contributed by atoms with Gasteiger partial charge in [-0.15, -0.1) is 0 Å². The van der Waals surface area contributed by atoms with Gasteiger partial charge in [0.2, 0.25) is 5.91 Å². The third kappa shape index (κ3) is 7.71. The van der Waals surface area contributed by atoms with Crippen molar-refractivity contribution in [2.75, 3.05) is 25.9 Å². The molecule has 7 nitrogen and oxygen atoms in total. The summed E-state index contributed by atoms with van der Waals surface area (Å²) in [7, 11) is -3.24. The van der Waals surface area contributed by atoms with E-state index in [1.165, 1.54) is 6.26 Å². The van der Waals surface area contributed by atoms with Crippen molar-refractivity contribution in [3.8, 4) is 0 Å². The highest BCUT2D eigenvalue weighted by Crippen LogP contribution is 2.17. The molecule has 0 radical (unpaired) electrons. The number of guanidine groups is 1. The van der Waals surface area contributed by atoms with Crippen molar-refractivity contribution in [3.63, 3.8) is 0 Å². The zero-order chi connectivity index (χ0) is 22.9. The van der Waals surface area contributed by atoms with E-state index in [0.29, 0.717) is 42.6 Å². The number of aryl methyl sites for hydroxylation is 1. The first kappa shape index (κ1) is 24.4. The van der Waals surface area contributed by atoms with Crippen LogP contribution in [0.5, 0.6) is 0 Å². The minimum atomic E-state index is -3.24. The summed E-state index contributed by atoms with van der Waals surface area (Å²) in [6, 6.07) is 15.1. The molecule has 0 unspecified atom stereocenters. The van der Waals surface area contributed by atoms with E-state index in [4.69, 9.17) is 0 Å².